The summed E-state index contributed by atoms with van der Waals surface area (Å²) in [7, 11) is 1.74. The van der Waals surface area contributed by atoms with Gasteiger partial charge in [0, 0.05) is 7.05 Å². The molecule has 0 amide bonds. The molecule has 1 heterocycles. The molecule has 0 spiro atoms. The monoisotopic (exact) mass is 193 g/mol. The van der Waals surface area contributed by atoms with Gasteiger partial charge in [0.1, 0.15) is 12.1 Å². The molecular formula is C9H11N3O2. The minimum atomic E-state index is -0.232. The molecule has 1 rings (SSSR count). The molecular weight excluding hydrogens is 182 g/mol. The Labute approximate surface area is 81.4 Å². The maximum Gasteiger partial charge on any atom is 0.173 e. The van der Waals surface area contributed by atoms with Gasteiger partial charge in [-0.2, -0.15) is 5.10 Å². The second-order valence-electron chi connectivity index (χ2n) is 2.95. The van der Waals surface area contributed by atoms with E-state index >= 15 is 0 Å². The first-order chi connectivity index (χ1) is 6.58. The van der Waals surface area contributed by atoms with Crippen molar-refractivity contribution >= 4 is 17.6 Å². The topological polar surface area (TPSA) is 64.8 Å². The molecule has 0 bridgehead atoms. The number of nitrogens with zero attached hydrogens (tertiary/aromatic N) is 3. The van der Waals surface area contributed by atoms with Crippen LogP contribution in [0.3, 0.4) is 0 Å². The van der Waals surface area contributed by atoms with E-state index < -0.39 is 0 Å². The first-order valence-corrected chi connectivity index (χ1v) is 4.14. The Balaban J connectivity index is 2.55. The van der Waals surface area contributed by atoms with Gasteiger partial charge < -0.3 is 0 Å². The zero-order chi connectivity index (χ0) is 10.6. The molecule has 14 heavy (non-hydrogen) atoms. The van der Waals surface area contributed by atoms with Gasteiger partial charge in [0.2, 0.25) is 0 Å². The Morgan fingerprint density at radius 3 is 2.79 bits per heavy atom. The molecule has 0 N–H and O–H groups in total. The van der Waals surface area contributed by atoms with Crippen LogP contribution < -0.4 is 0 Å². The molecule has 5 heteroatoms. The van der Waals surface area contributed by atoms with E-state index in [9.17, 15) is 9.59 Å². The number of aromatic nitrogens is 3. The molecule has 0 unspecified atom stereocenters. The van der Waals surface area contributed by atoms with Crippen molar-refractivity contribution in [3.05, 3.63) is 18.2 Å². The van der Waals surface area contributed by atoms with E-state index in [2.05, 4.69) is 10.1 Å². The van der Waals surface area contributed by atoms with Crippen molar-refractivity contribution in [2.24, 2.45) is 7.05 Å². The fourth-order valence-corrected chi connectivity index (χ4v) is 0.904. The predicted octanol–water partition coefficient (Wildman–Crippen LogP) is 0.377. The van der Waals surface area contributed by atoms with Gasteiger partial charge in [-0.1, -0.05) is 0 Å². The zero-order valence-corrected chi connectivity index (χ0v) is 8.10. The second-order valence-corrected chi connectivity index (χ2v) is 2.95. The largest absolute Gasteiger partial charge is 0.300 e. The van der Waals surface area contributed by atoms with Crippen LogP contribution in [0.1, 0.15) is 19.2 Å². The maximum absolute atomic E-state index is 11.1. The van der Waals surface area contributed by atoms with E-state index in [0.717, 1.165) is 0 Å². The molecule has 0 atom stereocenters. The highest BCUT2D eigenvalue weighted by molar-refractivity contribution is 6.05. The number of carbonyl (C=O) groups is 2. The summed E-state index contributed by atoms with van der Waals surface area (Å²) in [4.78, 5) is 25.5. The van der Waals surface area contributed by atoms with Gasteiger partial charge in [0.25, 0.3) is 0 Å². The van der Waals surface area contributed by atoms with Gasteiger partial charge in [-0.3, -0.25) is 14.3 Å². The summed E-state index contributed by atoms with van der Waals surface area (Å²) in [5.41, 5.74) is 0. The lowest BCUT2D eigenvalue weighted by molar-refractivity contribution is -0.123. The van der Waals surface area contributed by atoms with Gasteiger partial charge in [0.05, 0.1) is 6.42 Å². The molecule has 0 aliphatic rings. The average Bonchev–Trinajstić information content (AvgIpc) is 2.47. The number of rotatable bonds is 4. The summed E-state index contributed by atoms with van der Waals surface area (Å²) >= 11 is 0. The van der Waals surface area contributed by atoms with Crippen molar-refractivity contribution in [1.29, 1.82) is 0 Å². The van der Waals surface area contributed by atoms with Crippen molar-refractivity contribution < 1.29 is 9.59 Å². The van der Waals surface area contributed by atoms with Crippen LogP contribution in [-0.4, -0.2) is 26.3 Å². The molecule has 5 nitrogen and oxygen atoms in total. The Hall–Kier alpha value is -1.78. The van der Waals surface area contributed by atoms with Crippen molar-refractivity contribution in [3.63, 3.8) is 0 Å². The fraction of sp³-hybridized carbons (Fsp3) is 0.333. The molecule has 74 valence electrons. The number of Topliss-reactive ketones (excluding diaryl/α,β-unsaturated/α-hetero) is 1. The van der Waals surface area contributed by atoms with Crippen molar-refractivity contribution in [2.75, 3.05) is 0 Å². The second kappa shape index (κ2) is 4.45. The van der Waals surface area contributed by atoms with Gasteiger partial charge in [-0.15, -0.1) is 0 Å². The van der Waals surface area contributed by atoms with E-state index in [1.807, 2.05) is 0 Å². The quantitative estimate of drug-likeness (QED) is 0.512. The molecule has 1 aromatic heterocycles. The van der Waals surface area contributed by atoms with Crippen LogP contribution in [0.25, 0.3) is 6.08 Å². The summed E-state index contributed by atoms with van der Waals surface area (Å²) in [6, 6.07) is 0. The molecule has 0 fully saturated rings. The number of carbonyl (C=O) groups excluding carboxylic acids is 2. The van der Waals surface area contributed by atoms with E-state index in [0.29, 0.717) is 5.82 Å². The Morgan fingerprint density at radius 2 is 2.29 bits per heavy atom. The van der Waals surface area contributed by atoms with E-state index in [-0.39, 0.29) is 18.0 Å². The first kappa shape index (κ1) is 10.3. The van der Waals surface area contributed by atoms with Crippen molar-refractivity contribution in [2.45, 2.75) is 13.3 Å². The zero-order valence-electron chi connectivity index (χ0n) is 8.10. The summed E-state index contributed by atoms with van der Waals surface area (Å²) in [6.45, 7) is 1.38. The molecule has 0 aliphatic carbocycles. The number of ketones is 2. The highest BCUT2D eigenvalue weighted by atomic mass is 16.1. The van der Waals surface area contributed by atoms with Crippen molar-refractivity contribution in [1.82, 2.24) is 14.8 Å². The SMILES string of the molecule is CC(=O)CC(=O)/C=C/c1ncn(C)n1. The normalized spacial score (nSPS) is 10.7. The highest BCUT2D eigenvalue weighted by Crippen LogP contribution is 1.94. The van der Waals surface area contributed by atoms with Crippen molar-refractivity contribution in [3.8, 4) is 0 Å². The molecule has 0 saturated carbocycles. The van der Waals surface area contributed by atoms with Crippen LogP contribution in [0.15, 0.2) is 12.4 Å². The van der Waals surface area contributed by atoms with Gasteiger partial charge in [0.15, 0.2) is 11.6 Å². The predicted molar refractivity (Wildman–Crippen MR) is 50.3 cm³/mol. The van der Waals surface area contributed by atoms with Crippen LogP contribution in [0.2, 0.25) is 0 Å². The number of hydrogen-bond donors (Lipinski definition) is 0. The first-order valence-electron chi connectivity index (χ1n) is 4.14. The lowest BCUT2D eigenvalue weighted by atomic mass is 10.2. The van der Waals surface area contributed by atoms with Gasteiger partial charge >= 0.3 is 0 Å². The fourth-order valence-electron chi connectivity index (χ4n) is 0.904. The molecule has 0 radical (unpaired) electrons. The van der Waals surface area contributed by atoms with Crippen LogP contribution in [0, 0.1) is 0 Å². The van der Waals surface area contributed by atoms with Crippen LogP contribution in [0.4, 0.5) is 0 Å². The Kier molecular flexibility index (Phi) is 3.28. The average molecular weight is 193 g/mol. The smallest absolute Gasteiger partial charge is 0.173 e. The highest BCUT2D eigenvalue weighted by Gasteiger charge is 2.01. The van der Waals surface area contributed by atoms with Crippen LogP contribution >= 0.6 is 0 Å². The standard InChI is InChI=1S/C9H11N3O2/c1-7(13)5-8(14)3-4-9-10-6-12(2)11-9/h3-4,6H,5H2,1-2H3/b4-3+. The molecule has 0 aliphatic heterocycles. The number of allylic oxidation sites excluding steroid dienone is 1. The van der Waals surface area contributed by atoms with Crippen LogP contribution in [-0.2, 0) is 16.6 Å². The van der Waals surface area contributed by atoms with E-state index in [4.69, 9.17) is 0 Å². The molecule has 0 saturated heterocycles. The minimum absolute atomic E-state index is 0.0661. The molecule has 0 aromatic carbocycles. The Morgan fingerprint density at radius 1 is 1.57 bits per heavy atom. The Bertz CT molecular complexity index is 379. The summed E-state index contributed by atoms with van der Waals surface area (Å²) in [6.07, 6.45) is 4.28. The summed E-state index contributed by atoms with van der Waals surface area (Å²) < 4.78 is 1.54. The molecule has 1 aromatic rings. The maximum atomic E-state index is 11.1. The third-order valence-electron chi connectivity index (χ3n) is 1.46. The van der Waals surface area contributed by atoms with Crippen LogP contribution in [0.5, 0.6) is 0 Å². The number of aryl methyl sites for hydroxylation is 1. The third kappa shape index (κ3) is 3.30. The van der Waals surface area contributed by atoms with Gasteiger partial charge in [-0.25, -0.2) is 4.98 Å². The van der Waals surface area contributed by atoms with E-state index in [1.54, 1.807) is 7.05 Å². The van der Waals surface area contributed by atoms with E-state index in [1.165, 1.54) is 30.1 Å². The summed E-state index contributed by atoms with van der Waals surface area (Å²) in [5.74, 6) is 0.0861. The number of hydrogen-bond acceptors (Lipinski definition) is 4. The third-order valence-corrected chi connectivity index (χ3v) is 1.46. The lowest BCUT2D eigenvalue weighted by Gasteiger charge is -1.87. The minimum Gasteiger partial charge on any atom is -0.300 e. The summed E-state index contributed by atoms with van der Waals surface area (Å²) in [5, 5.41) is 3.94. The van der Waals surface area contributed by atoms with Gasteiger partial charge in [-0.05, 0) is 19.1 Å². The lowest BCUT2D eigenvalue weighted by Crippen LogP contribution is -2.00.